The van der Waals surface area contributed by atoms with E-state index in [1.807, 2.05) is 0 Å². The summed E-state index contributed by atoms with van der Waals surface area (Å²) in [5, 5.41) is 13.6. The first kappa shape index (κ1) is 9.81. The predicted molar refractivity (Wildman–Crippen MR) is 17.2 cm³/mol. The summed E-state index contributed by atoms with van der Waals surface area (Å²) in [4.78, 5) is 8.36. The fourth-order valence-electron chi connectivity index (χ4n) is 0. The standard InChI is InChI=1S/Cu.HNO3.2H2N/c;2-1(3)4;;/h;(H,2,3,4);2*1H2/q+2;;2*-1. The van der Waals surface area contributed by atoms with Gasteiger partial charge in [-0.25, -0.2) is 0 Å². The summed E-state index contributed by atoms with van der Waals surface area (Å²) in [5.74, 6) is 0. The summed E-state index contributed by atoms with van der Waals surface area (Å²) in [6, 6.07) is 0. The minimum atomic E-state index is -1.50. The van der Waals surface area contributed by atoms with Gasteiger partial charge in [0.05, 0.1) is 0 Å². The Hall–Kier alpha value is -0.361. The van der Waals surface area contributed by atoms with Crippen molar-refractivity contribution in [2.24, 2.45) is 9.50 Å². The fraction of sp³-hybridized carbons (Fsp3) is 0. The van der Waals surface area contributed by atoms with E-state index in [1.54, 1.807) is 0 Å². The molecule has 49 valence electrons. The first-order valence-corrected chi connectivity index (χ1v) is 2.00. The number of nitrogens with two attached hydrogens (primary N) is 2. The molecule has 5 N–H and O–H groups in total. The average molecular weight is 159 g/mol. The van der Waals surface area contributed by atoms with Crippen LogP contribution in [0.4, 0.5) is 0 Å². The van der Waals surface area contributed by atoms with E-state index in [2.05, 4.69) is 9.50 Å². The van der Waals surface area contributed by atoms with E-state index in [0.717, 1.165) is 15.4 Å². The number of hydrogen-bond acceptors (Lipinski definition) is 4. The van der Waals surface area contributed by atoms with Gasteiger partial charge in [0.15, 0.2) is 0 Å². The second kappa shape index (κ2) is 9.16. The second-order valence-corrected chi connectivity index (χ2v) is 0.652. The quantitative estimate of drug-likeness (QED) is 0.225. The molecule has 0 spiro atoms. The number of nitrogens with zero attached hydrogens (tertiary/aromatic N) is 1. The van der Waals surface area contributed by atoms with Crippen molar-refractivity contribution in [1.29, 1.82) is 0 Å². The van der Waals surface area contributed by atoms with Crippen LogP contribution in [-0.4, -0.2) is 10.3 Å². The van der Waals surface area contributed by atoms with Gasteiger partial charge in [-0.2, -0.15) is 0 Å². The SMILES string of the molecule is O=[N+]([O-])O.[NH2][Cu][NH2]. The average Bonchev–Trinajstić information content (AvgIpc) is 1.33. The molecule has 0 saturated heterocycles. The molecule has 0 radical (unpaired) electrons. The molecular formula is H5CuN3O3. The van der Waals surface area contributed by atoms with Gasteiger partial charge in [-0.3, -0.25) is 0 Å². The topological polar surface area (TPSA) is 115 Å². The molecule has 6 nitrogen and oxygen atoms in total. The summed E-state index contributed by atoms with van der Waals surface area (Å²) < 4.78 is 9.06. The van der Waals surface area contributed by atoms with E-state index in [9.17, 15) is 0 Å². The van der Waals surface area contributed by atoms with Gasteiger partial charge in [-0.05, 0) is 0 Å². The molecule has 0 rings (SSSR count). The Morgan fingerprint density at radius 1 is 1.71 bits per heavy atom. The first-order chi connectivity index (χ1) is 3.15. The molecule has 0 saturated carbocycles. The van der Waals surface area contributed by atoms with Crippen LogP contribution in [-0.2, 0) is 15.4 Å². The molecule has 0 heterocycles. The van der Waals surface area contributed by atoms with Crippen LogP contribution in [0.2, 0.25) is 0 Å². The maximum atomic E-state index is 8.36. The molecular weight excluding hydrogens is 154 g/mol. The van der Waals surface area contributed by atoms with Gasteiger partial charge in [0.2, 0.25) is 0 Å². The molecule has 0 aliphatic heterocycles. The fourth-order valence-corrected chi connectivity index (χ4v) is 0. The van der Waals surface area contributed by atoms with Crippen LogP contribution in [0.15, 0.2) is 0 Å². The van der Waals surface area contributed by atoms with E-state index in [0.29, 0.717) is 0 Å². The third-order valence-electron chi connectivity index (χ3n) is 0. The third kappa shape index (κ3) is 575. The monoisotopic (exact) mass is 158 g/mol. The molecule has 0 aliphatic carbocycles. The van der Waals surface area contributed by atoms with Gasteiger partial charge in [-0.1, -0.05) is 0 Å². The molecule has 0 amide bonds. The van der Waals surface area contributed by atoms with Crippen LogP contribution < -0.4 is 9.50 Å². The van der Waals surface area contributed by atoms with Crippen LogP contribution in [0, 0.1) is 10.1 Å². The number of rotatable bonds is 0. The van der Waals surface area contributed by atoms with Gasteiger partial charge in [0.25, 0.3) is 5.09 Å². The molecule has 0 unspecified atom stereocenters. The normalized spacial score (nSPS) is 6.57. The molecule has 0 aromatic rings. The Balaban J connectivity index is 0. The zero-order valence-corrected chi connectivity index (χ0v) is 4.11. The van der Waals surface area contributed by atoms with Gasteiger partial charge in [-0.15, -0.1) is 10.1 Å². The van der Waals surface area contributed by atoms with Crippen molar-refractivity contribution < 1.29 is 25.7 Å². The molecule has 0 bridgehead atoms. The van der Waals surface area contributed by atoms with Crippen molar-refractivity contribution in [3.8, 4) is 0 Å². The van der Waals surface area contributed by atoms with E-state index in [1.165, 1.54) is 0 Å². The summed E-state index contributed by atoms with van der Waals surface area (Å²) in [6.07, 6.45) is 0. The third-order valence-corrected chi connectivity index (χ3v) is 0. The predicted octanol–water partition coefficient (Wildman–Crippen LogP) is -1.53. The van der Waals surface area contributed by atoms with Gasteiger partial charge in [0, 0.05) is 0 Å². The zero-order valence-electron chi connectivity index (χ0n) is 3.17. The van der Waals surface area contributed by atoms with E-state index >= 15 is 0 Å². The van der Waals surface area contributed by atoms with E-state index in [-0.39, 0.29) is 0 Å². The Labute approximate surface area is 46.2 Å². The van der Waals surface area contributed by atoms with Crippen molar-refractivity contribution in [3.63, 3.8) is 0 Å². The van der Waals surface area contributed by atoms with Crippen LogP contribution in [0.25, 0.3) is 0 Å². The molecule has 0 atom stereocenters. The van der Waals surface area contributed by atoms with Gasteiger partial charge >= 0.3 is 24.9 Å². The second-order valence-electron chi connectivity index (χ2n) is 0.338. The zero-order chi connectivity index (χ0) is 6.28. The Kier molecular flexibility index (Phi) is 12.8. The number of hydrogen-bond donors (Lipinski definition) is 3. The van der Waals surface area contributed by atoms with Gasteiger partial charge in [0.1, 0.15) is 0 Å². The van der Waals surface area contributed by atoms with Crippen molar-refractivity contribution in [2.45, 2.75) is 0 Å². The molecule has 0 fully saturated rings. The van der Waals surface area contributed by atoms with Crippen molar-refractivity contribution >= 4 is 0 Å². The van der Waals surface area contributed by atoms with Crippen molar-refractivity contribution in [2.75, 3.05) is 0 Å². The molecule has 7 heavy (non-hydrogen) atoms. The summed E-state index contributed by atoms with van der Waals surface area (Å²) in [6.45, 7) is 0. The van der Waals surface area contributed by atoms with Crippen LogP contribution >= 0.6 is 0 Å². The summed E-state index contributed by atoms with van der Waals surface area (Å²) in [5.41, 5.74) is 0. The molecule has 7 heteroatoms. The van der Waals surface area contributed by atoms with Crippen LogP contribution in [0.1, 0.15) is 0 Å². The maximum absolute atomic E-state index is 8.36. The van der Waals surface area contributed by atoms with Gasteiger partial charge < -0.3 is 5.21 Å². The minimum absolute atomic E-state index is 0.812. The Morgan fingerprint density at radius 3 is 1.71 bits per heavy atom. The summed E-state index contributed by atoms with van der Waals surface area (Å²) >= 11 is 0.812. The summed E-state index contributed by atoms with van der Waals surface area (Å²) in [7, 11) is 0. The van der Waals surface area contributed by atoms with Crippen LogP contribution in [0.3, 0.4) is 0 Å². The van der Waals surface area contributed by atoms with E-state index in [4.69, 9.17) is 15.3 Å². The van der Waals surface area contributed by atoms with Crippen molar-refractivity contribution in [1.82, 2.24) is 0 Å². The van der Waals surface area contributed by atoms with Crippen LogP contribution in [0.5, 0.6) is 0 Å². The molecule has 0 aromatic heterocycles. The van der Waals surface area contributed by atoms with Crippen molar-refractivity contribution in [3.05, 3.63) is 10.1 Å². The first-order valence-electron chi connectivity index (χ1n) is 0.913. The Bertz CT molecular complexity index is 41.4. The van der Waals surface area contributed by atoms with E-state index < -0.39 is 5.09 Å². The molecule has 0 aromatic carbocycles. The molecule has 0 aliphatic rings. The Morgan fingerprint density at radius 2 is 1.71 bits per heavy atom.